The van der Waals surface area contributed by atoms with Gasteiger partial charge in [0, 0.05) is 11.5 Å². The molecule has 0 atom stereocenters. The van der Waals surface area contributed by atoms with Crippen molar-refractivity contribution in [1.29, 1.82) is 0 Å². The quantitative estimate of drug-likeness (QED) is 0.491. The lowest BCUT2D eigenvalue weighted by atomic mass is 10.2. The van der Waals surface area contributed by atoms with E-state index in [0.29, 0.717) is 26.5 Å². The minimum absolute atomic E-state index is 0.0594. The molecular weight excluding hydrogens is 412 g/mol. The molecule has 0 bridgehead atoms. The number of thiazole rings is 1. The van der Waals surface area contributed by atoms with Crippen molar-refractivity contribution in [3.05, 3.63) is 69.0 Å². The molecule has 0 spiro atoms. The summed E-state index contributed by atoms with van der Waals surface area (Å²) in [5.41, 5.74) is 1.29. The zero-order valence-corrected chi connectivity index (χ0v) is 17.2. The largest absolute Gasteiger partial charge is 0.491 e. The first kappa shape index (κ1) is 19.2. The second kappa shape index (κ2) is 7.73. The number of amides is 1. The Morgan fingerprint density at radius 2 is 2.00 bits per heavy atom. The SMILES string of the molecule is CC(C)Oc1ccc(-n2c(=O)ccc3cc(C(=O)Nc4ncc(Cl)s4)[nH]c32)cc1. The van der Waals surface area contributed by atoms with Crippen LogP contribution in [0.4, 0.5) is 5.13 Å². The summed E-state index contributed by atoms with van der Waals surface area (Å²) in [6, 6.07) is 12.1. The predicted molar refractivity (Wildman–Crippen MR) is 115 cm³/mol. The minimum atomic E-state index is -0.369. The minimum Gasteiger partial charge on any atom is -0.491 e. The topological polar surface area (TPSA) is 89.0 Å². The molecule has 148 valence electrons. The molecule has 0 saturated carbocycles. The van der Waals surface area contributed by atoms with Crippen molar-refractivity contribution >= 4 is 45.0 Å². The van der Waals surface area contributed by atoms with E-state index in [9.17, 15) is 9.59 Å². The van der Waals surface area contributed by atoms with Crippen LogP contribution in [-0.4, -0.2) is 26.5 Å². The summed E-state index contributed by atoms with van der Waals surface area (Å²) in [5, 5.41) is 3.82. The number of hydrogen-bond donors (Lipinski definition) is 2. The average Bonchev–Trinajstić information content (AvgIpc) is 3.28. The number of fused-ring (bicyclic) bond motifs is 1. The van der Waals surface area contributed by atoms with E-state index in [1.807, 2.05) is 26.0 Å². The first-order valence-electron chi connectivity index (χ1n) is 8.85. The number of carbonyl (C=O) groups excluding carboxylic acids is 1. The number of ether oxygens (including phenoxy) is 1. The Kier molecular flexibility index (Phi) is 5.12. The Morgan fingerprint density at radius 1 is 1.24 bits per heavy atom. The number of halogens is 1. The van der Waals surface area contributed by atoms with Crippen LogP contribution in [0.2, 0.25) is 4.34 Å². The van der Waals surface area contributed by atoms with Gasteiger partial charge in [0.1, 0.15) is 21.4 Å². The number of nitrogens with zero attached hydrogens (tertiary/aromatic N) is 2. The third-order valence-corrected chi connectivity index (χ3v) is 5.12. The molecule has 1 amide bonds. The molecule has 0 saturated heterocycles. The van der Waals surface area contributed by atoms with Crippen LogP contribution in [0.5, 0.6) is 5.75 Å². The monoisotopic (exact) mass is 428 g/mol. The van der Waals surface area contributed by atoms with Crippen molar-refractivity contribution in [2.75, 3.05) is 5.32 Å². The molecule has 0 aliphatic heterocycles. The lowest BCUT2D eigenvalue weighted by Gasteiger charge is -2.11. The molecular formula is C20H17ClN4O3S. The summed E-state index contributed by atoms with van der Waals surface area (Å²) in [6.07, 6.45) is 1.53. The standard InChI is InChI=1S/C20H17ClN4O3S/c1-11(2)28-14-6-4-13(5-7-14)25-17(26)8-3-12-9-15(23-18(12)25)19(27)24-20-22-10-16(21)29-20/h3-11,23H,1-2H3,(H,22,24,27). The Morgan fingerprint density at radius 3 is 2.66 bits per heavy atom. The highest BCUT2D eigenvalue weighted by Gasteiger charge is 2.15. The highest BCUT2D eigenvalue weighted by molar-refractivity contribution is 7.19. The third kappa shape index (κ3) is 4.03. The number of benzene rings is 1. The van der Waals surface area contributed by atoms with Crippen molar-refractivity contribution < 1.29 is 9.53 Å². The Hall–Kier alpha value is -3.10. The Balaban J connectivity index is 1.70. The first-order chi connectivity index (χ1) is 13.9. The fourth-order valence-corrected chi connectivity index (χ4v) is 3.73. The number of aromatic nitrogens is 3. The van der Waals surface area contributed by atoms with E-state index in [0.717, 1.165) is 11.1 Å². The molecule has 7 nitrogen and oxygen atoms in total. The average molecular weight is 429 g/mol. The second-order valence-corrected chi connectivity index (χ2v) is 8.24. The van der Waals surface area contributed by atoms with Crippen molar-refractivity contribution in [3.8, 4) is 11.4 Å². The van der Waals surface area contributed by atoms with Crippen LogP contribution in [0.25, 0.3) is 16.7 Å². The van der Waals surface area contributed by atoms with Gasteiger partial charge in [-0.2, -0.15) is 0 Å². The summed E-state index contributed by atoms with van der Waals surface area (Å²) in [4.78, 5) is 32.2. The molecule has 9 heteroatoms. The normalized spacial score (nSPS) is 11.2. The zero-order chi connectivity index (χ0) is 20.5. The fourth-order valence-electron chi connectivity index (χ4n) is 2.92. The van der Waals surface area contributed by atoms with Crippen molar-refractivity contribution in [3.63, 3.8) is 0 Å². The molecule has 29 heavy (non-hydrogen) atoms. The van der Waals surface area contributed by atoms with Crippen LogP contribution in [0.1, 0.15) is 24.3 Å². The van der Waals surface area contributed by atoms with Crippen LogP contribution < -0.4 is 15.6 Å². The summed E-state index contributed by atoms with van der Waals surface area (Å²) in [6.45, 7) is 3.90. The number of carbonyl (C=O) groups is 1. The van der Waals surface area contributed by atoms with Crippen LogP contribution in [0.3, 0.4) is 0 Å². The van der Waals surface area contributed by atoms with E-state index in [-0.39, 0.29) is 17.6 Å². The smallest absolute Gasteiger partial charge is 0.273 e. The number of hydrogen-bond acceptors (Lipinski definition) is 5. The predicted octanol–water partition coefficient (Wildman–Crippen LogP) is 4.47. The fraction of sp³-hybridized carbons (Fsp3) is 0.150. The maximum Gasteiger partial charge on any atom is 0.273 e. The summed E-state index contributed by atoms with van der Waals surface area (Å²) in [5.74, 6) is 0.351. The maximum atomic E-state index is 12.6. The van der Waals surface area contributed by atoms with Gasteiger partial charge >= 0.3 is 0 Å². The molecule has 0 aliphatic rings. The van der Waals surface area contributed by atoms with Crippen LogP contribution in [-0.2, 0) is 0 Å². The molecule has 0 fully saturated rings. The second-order valence-electron chi connectivity index (χ2n) is 6.58. The zero-order valence-electron chi connectivity index (χ0n) is 15.6. The molecule has 0 aliphatic carbocycles. The number of nitrogens with one attached hydrogen (secondary N) is 2. The van der Waals surface area contributed by atoms with E-state index < -0.39 is 0 Å². The highest BCUT2D eigenvalue weighted by Crippen LogP contribution is 2.24. The summed E-state index contributed by atoms with van der Waals surface area (Å²) >= 11 is 7.02. The van der Waals surface area contributed by atoms with Crippen LogP contribution >= 0.6 is 22.9 Å². The molecule has 3 heterocycles. The molecule has 3 aromatic heterocycles. The van der Waals surface area contributed by atoms with Gasteiger partial charge in [0.2, 0.25) is 0 Å². The van der Waals surface area contributed by atoms with E-state index in [1.165, 1.54) is 28.2 Å². The van der Waals surface area contributed by atoms with Gasteiger partial charge in [-0.1, -0.05) is 22.9 Å². The summed E-state index contributed by atoms with van der Waals surface area (Å²) < 4.78 is 7.66. The van der Waals surface area contributed by atoms with E-state index in [1.54, 1.807) is 24.3 Å². The maximum absolute atomic E-state index is 12.6. The number of pyridine rings is 1. The van der Waals surface area contributed by atoms with Gasteiger partial charge in [-0.3, -0.25) is 19.5 Å². The van der Waals surface area contributed by atoms with Crippen molar-refractivity contribution in [2.45, 2.75) is 20.0 Å². The van der Waals surface area contributed by atoms with Crippen LogP contribution in [0.15, 0.2) is 53.5 Å². The molecule has 0 radical (unpaired) electrons. The van der Waals surface area contributed by atoms with Crippen LogP contribution in [0, 0.1) is 0 Å². The van der Waals surface area contributed by atoms with Gasteiger partial charge in [-0.05, 0) is 50.2 Å². The molecule has 0 unspecified atom stereocenters. The Labute approximate surface area is 174 Å². The van der Waals surface area contributed by atoms with E-state index >= 15 is 0 Å². The number of anilines is 1. The van der Waals surface area contributed by atoms with Gasteiger partial charge in [0.25, 0.3) is 11.5 Å². The van der Waals surface area contributed by atoms with Gasteiger partial charge in [-0.15, -0.1) is 0 Å². The third-order valence-electron chi connectivity index (χ3n) is 4.09. The first-order valence-corrected chi connectivity index (χ1v) is 10.0. The van der Waals surface area contributed by atoms with Gasteiger partial charge in [-0.25, -0.2) is 4.98 Å². The Bertz CT molecular complexity index is 1240. The van der Waals surface area contributed by atoms with Gasteiger partial charge in [0.15, 0.2) is 5.13 Å². The molecule has 1 aromatic carbocycles. The van der Waals surface area contributed by atoms with Crippen molar-refractivity contribution in [1.82, 2.24) is 14.5 Å². The van der Waals surface area contributed by atoms with E-state index in [4.69, 9.17) is 16.3 Å². The number of rotatable bonds is 5. The number of aromatic amines is 1. The highest BCUT2D eigenvalue weighted by atomic mass is 35.5. The van der Waals surface area contributed by atoms with Gasteiger partial charge < -0.3 is 9.72 Å². The molecule has 4 aromatic rings. The molecule has 2 N–H and O–H groups in total. The lowest BCUT2D eigenvalue weighted by Crippen LogP contribution is -2.17. The number of H-pyrrole nitrogens is 1. The van der Waals surface area contributed by atoms with Crippen molar-refractivity contribution in [2.24, 2.45) is 0 Å². The molecule has 4 rings (SSSR count). The van der Waals surface area contributed by atoms with E-state index in [2.05, 4.69) is 15.3 Å². The lowest BCUT2D eigenvalue weighted by molar-refractivity contribution is 0.102. The summed E-state index contributed by atoms with van der Waals surface area (Å²) in [7, 11) is 0. The van der Waals surface area contributed by atoms with Gasteiger partial charge in [0.05, 0.1) is 18.0 Å².